The molecule has 4 nitrogen and oxygen atoms in total. The molecular weight excluding hydrogens is 260 g/mol. The fourth-order valence-electron chi connectivity index (χ4n) is 1.64. The summed E-state index contributed by atoms with van der Waals surface area (Å²) in [4.78, 5) is 12.7. The monoisotopic (exact) mass is 278 g/mol. The van der Waals surface area contributed by atoms with E-state index in [0.29, 0.717) is 17.1 Å². The zero-order valence-corrected chi connectivity index (χ0v) is 11.9. The highest BCUT2D eigenvalue weighted by molar-refractivity contribution is 7.20. The number of hydrogen-bond donors (Lipinski definition) is 3. The van der Waals surface area contributed by atoms with Crippen molar-refractivity contribution in [1.82, 2.24) is 5.32 Å². The topological polar surface area (TPSA) is 75.3 Å². The molecule has 1 amide bonds. The summed E-state index contributed by atoms with van der Waals surface area (Å²) in [6.45, 7) is 4.28. The normalized spacial score (nSPS) is 11.7. The van der Waals surface area contributed by atoms with Crippen molar-refractivity contribution in [3.8, 4) is 0 Å². The summed E-state index contributed by atoms with van der Waals surface area (Å²) in [5.41, 5.74) is 6.10. The molecule has 0 bridgehead atoms. The quantitative estimate of drug-likeness (QED) is 0.751. The van der Waals surface area contributed by atoms with E-state index in [1.807, 2.05) is 38.1 Å². The van der Waals surface area contributed by atoms with Gasteiger partial charge in [0, 0.05) is 29.0 Å². The van der Waals surface area contributed by atoms with Gasteiger partial charge in [-0.15, -0.1) is 11.3 Å². The van der Waals surface area contributed by atoms with E-state index in [1.54, 1.807) is 0 Å². The summed E-state index contributed by atoms with van der Waals surface area (Å²) in [6.07, 6.45) is 0. The van der Waals surface area contributed by atoms with Crippen LogP contribution in [0.25, 0.3) is 10.1 Å². The summed E-state index contributed by atoms with van der Waals surface area (Å²) in [6, 6.07) is 7.46. The maximum absolute atomic E-state index is 12.0. The number of aliphatic hydroxyl groups is 1. The number of anilines is 1. The molecule has 0 aliphatic heterocycles. The second kappa shape index (κ2) is 5.19. The van der Waals surface area contributed by atoms with E-state index in [9.17, 15) is 4.79 Å². The molecule has 4 N–H and O–H groups in total. The first kappa shape index (κ1) is 13.8. The van der Waals surface area contributed by atoms with E-state index in [0.717, 1.165) is 10.1 Å². The van der Waals surface area contributed by atoms with Crippen molar-refractivity contribution in [3.05, 3.63) is 29.1 Å². The van der Waals surface area contributed by atoms with Crippen LogP contribution in [0, 0.1) is 5.41 Å². The average Bonchev–Trinajstić information content (AvgIpc) is 2.79. The Balaban J connectivity index is 2.13. The molecule has 1 aromatic carbocycles. The summed E-state index contributed by atoms with van der Waals surface area (Å²) in [5, 5.41) is 13.0. The number of benzene rings is 1. The molecule has 0 saturated carbocycles. The molecule has 0 unspecified atom stereocenters. The van der Waals surface area contributed by atoms with Gasteiger partial charge in [-0.25, -0.2) is 0 Å². The lowest BCUT2D eigenvalue weighted by molar-refractivity contribution is 0.0915. The summed E-state index contributed by atoms with van der Waals surface area (Å²) >= 11 is 1.44. The van der Waals surface area contributed by atoms with Gasteiger partial charge in [0.05, 0.1) is 4.88 Å². The van der Waals surface area contributed by atoms with Crippen molar-refractivity contribution >= 4 is 33.0 Å². The minimum Gasteiger partial charge on any atom is -0.399 e. The van der Waals surface area contributed by atoms with E-state index in [-0.39, 0.29) is 17.9 Å². The van der Waals surface area contributed by atoms with Crippen LogP contribution in [0.4, 0.5) is 5.69 Å². The van der Waals surface area contributed by atoms with E-state index in [2.05, 4.69) is 5.32 Å². The molecular formula is C14H18N2O2S. The smallest absolute Gasteiger partial charge is 0.261 e. The molecule has 0 aliphatic carbocycles. The average molecular weight is 278 g/mol. The highest BCUT2D eigenvalue weighted by Gasteiger charge is 2.18. The molecule has 0 atom stereocenters. The lowest BCUT2D eigenvalue weighted by Gasteiger charge is -2.21. The van der Waals surface area contributed by atoms with Gasteiger partial charge in [0.1, 0.15) is 0 Å². The molecule has 0 fully saturated rings. The van der Waals surface area contributed by atoms with Gasteiger partial charge in [0.15, 0.2) is 0 Å². The van der Waals surface area contributed by atoms with Gasteiger partial charge in [-0.2, -0.15) is 0 Å². The third kappa shape index (κ3) is 3.24. The predicted octanol–water partition coefficient (Wildman–Crippen LogP) is 2.23. The first-order valence-electron chi connectivity index (χ1n) is 6.09. The third-order valence-corrected chi connectivity index (χ3v) is 4.03. The molecule has 0 spiro atoms. The first-order chi connectivity index (χ1) is 8.91. The molecule has 19 heavy (non-hydrogen) atoms. The van der Waals surface area contributed by atoms with Crippen LogP contribution in [0.3, 0.4) is 0 Å². The fourth-order valence-corrected chi connectivity index (χ4v) is 2.60. The number of aliphatic hydroxyl groups excluding tert-OH is 1. The lowest BCUT2D eigenvalue weighted by atomic mass is 9.95. The third-order valence-electron chi connectivity index (χ3n) is 2.92. The number of amides is 1. The summed E-state index contributed by atoms with van der Waals surface area (Å²) < 4.78 is 1.04. The van der Waals surface area contributed by atoms with Crippen molar-refractivity contribution in [2.75, 3.05) is 18.9 Å². The first-order valence-corrected chi connectivity index (χ1v) is 6.91. The Labute approximate surface area is 116 Å². The zero-order valence-electron chi connectivity index (χ0n) is 11.1. The maximum Gasteiger partial charge on any atom is 0.261 e. The van der Waals surface area contributed by atoms with Gasteiger partial charge in [0.2, 0.25) is 0 Å². The standard InChI is InChI=1S/C14H18N2O2S/c1-14(2,8-17)7-16-13(18)12-6-9-5-10(15)3-4-11(9)19-12/h3-6,17H,7-8,15H2,1-2H3,(H,16,18). The van der Waals surface area contributed by atoms with Crippen molar-refractivity contribution in [2.45, 2.75) is 13.8 Å². The second-order valence-corrected chi connectivity index (χ2v) is 6.50. The Morgan fingerprint density at radius 1 is 1.42 bits per heavy atom. The molecule has 2 aromatic rings. The molecule has 0 saturated heterocycles. The van der Waals surface area contributed by atoms with Gasteiger partial charge in [-0.1, -0.05) is 13.8 Å². The number of carbonyl (C=O) groups is 1. The van der Waals surface area contributed by atoms with E-state index < -0.39 is 0 Å². The molecule has 102 valence electrons. The number of hydrogen-bond acceptors (Lipinski definition) is 4. The molecule has 1 heterocycles. The van der Waals surface area contributed by atoms with Gasteiger partial charge in [0.25, 0.3) is 5.91 Å². The van der Waals surface area contributed by atoms with Crippen LogP contribution in [-0.2, 0) is 0 Å². The van der Waals surface area contributed by atoms with E-state index in [1.165, 1.54) is 11.3 Å². The van der Waals surface area contributed by atoms with Gasteiger partial charge >= 0.3 is 0 Å². The van der Waals surface area contributed by atoms with Gasteiger partial charge < -0.3 is 16.2 Å². The largest absolute Gasteiger partial charge is 0.399 e. The van der Waals surface area contributed by atoms with Crippen LogP contribution >= 0.6 is 11.3 Å². The molecule has 5 heteroatoms. The number of nitrogens with one attached hydrogen (secondary N) is 1. The van der Waals surface area contributed by atoms with Crippen LogP contribution in [-0.4, -0.2) is 24.2 Å². The Morgan fingerprint density at radius 2 is 2.16 bits per heavy atom. The number of thiophene rings is 1. The molecule has 0 radical (unpaired) electrons. The highest BCUT2D eigenvalue weighted by Crippen LogP contribution is 2.27. The summed E-state index contributed by atoms with van der Waals surface area (Å²) in [7, 11) is 0. The minimum atomic E-state index is -0.309. The van der Waals surface area contributed by atoms with Crippen molar-refractivity contribution in [2.24, 2.45) is 5.41 Å². The maximum atomic E-state index is 12.0. The Bertz CT molecular complexity index is 605. The van der Waals surface area contributed by atoms with E-state index in [4.69, 9.17) is 10.8 Å². The molecule has 2 rings (SSSR count). The Hall–Kier alpha value is -1.59. The number of nitrogens with two attached hydrogens (primary N) is 1. The van der Waals surface area contributed by atoms with Gasteiger partial charge in [-0.05, 0) is 29.7 Å². The van der Waals surface area contributed by atoms with Crippen molar-refractivity contribution in [1.29, 1.82) is 0 Å². The molecule has 1 aromatic heterocycles. The lowest BCUT2D eigenvalue weighted by Crippen LogP contribution is -2.35. The summed E-state index contributed by atoms with van der Waals surface area (Å²) in [5.74, 6) is -0.110. The second-order valence-electron chi connectivity index (χ2n) is 5.41. The Kier molecular flexibility index (Phi) is 3.78. The van der Waals surface area contributed by atoms with Crippen molar-refractivity contribution in [3.63, 3.8) is 0 Å². The van der Waals surface area contributed by atoms with Crippen LogP contribution < -0.4 is 11.1 Å². The Morgan fingerprint density at radius 3 is 2.84 bits per heavy atom. The fraction of sp³-hybridized carbons (Fsp3) is 0.357. The van der Waals surface area contributed by atoms with Crippen LogP contribution in [0.1, 0.15) is 23.5 Å². The van der Waals surface area contributed by atoms with E-state index >= 15 is 0 Å². The number of nitrogen functional groups attached to an aromatic ring is 1. The number of rotatable bonds is 4. The predicted molar refractivity (Wildman–Crippen MR) is 79.4 cm³/mol. The molecule has 0 aliphatic rings. The van der Waals surface area contributed by atoms with Crippen LogP contribution in [0.2, 0.25) is 0 Å². The van der Waals surface area contributed by atoms with Gasteiger partial charge in [-0.3, -0.25) is 4.79 Å². The van der Waals surface area contributed by atoms with Crippen LogP contribution in [0.15, 0.2) is 24.3 Å². The SMILES string of the molecule is CC(C)(CO)CNC(=O)c1cc2cc(N)ccc2s1. The number of fused-ring (bicyclic) bond motifs is 1. The van der Waals surface area contributed by atoms with Crippen LogP contribution in [0.5, 0.6) is 0 Å². The number of carbonyl (C=O) groups excluding carboxylic acids is 1. The zero-order chi connectivity index (χ0) is 14.0. The van der Waals surface area contributed by atoms with Crippen molar-refractivity contribution < 1.29 is 9.90 Å². The highest BCUT2D eigenvalue weighted by atomic mass is 32.1. The minimum absolute atomic E-state index is 0.0379.